The lowest BCUT2D eigenvalue weighted by molar-refractivity contribution is 0.102. The van der Waals surface area contributed by atoms with Crippen molar-refractivity contribution in [3.8, 4) is 0 Å². The number of Topliss-reactive ketones (excluding diaryl/α,β-unsaturated/α-hetero) is 1. The Balaban J connectivity index is 1.87. The van der Waals surface area contributed by atoms with Crippen molar-refractivity contribution >= 4 is 27.4 Å². The number of rotatable bonds is 8. The Bertz CT molecular complexity index is 1280. The highest BCUT2D eigenvalue weighted by atomic mass is 35.5. The summed E-state index contributed by atoms with van der Waals surface area (Å²) in [5.74, 6) is -0.163. The first kappa shape index (κ1) is 24.4. The van der Waals surface area contributed by atoms with Gasteiger partial charge in [-0.25, -0.2) is 8.42 Å². The van der Waals surface area contributed by atoms with Gasteiger partial charge in [-0.2, -0.15) is 4.31 Å². The van der Waals surface area contributed by atoms with E-state index in [2.05, 4.69) is 6.92 Å². The Labute approximate surface area is 206 Å². The van der Waals surface area contributed by atoms with Gasteiger partial charge in [0.25, 0.3) is 0 Å². The Morgan fingerprint density at radius 3 is 2.21 bits per heavy atom. The van der Waals surface area contributed by atoms with Crippen molar-refractivity contribution in [1.29, 1.82) is 0 Å². The molecule has 3 aromatic carbocycles. The molecule has 0 spiro atoms. The van der Waals surface area contributed by atoms with Gasteiger partial charge in [0.05, 0.1) is 10.9 Å². The molecule has 0 N–H and O–H groups in total. The van der Waals surface area contributed by atoms with Gasteiger partial charge in [0.15, 0.2) is 5.78 Å². The maximum Gasteiger partial charge on any atom is 0.244 e. The molecule has 0 fully saturated rings. The third-order valence-electron chi connectivity index (χ3n) is 6.18. The number of aryl methyl sites for hydroxylation is 1. The number of carbonyl (C=O) groups is 1. The number of hydrogen-bond donors (Lipinski definition) is 0. The summed E-state index contributed by atoms with van der Waals surface area (Å²) in [6.45, 7) is 4.00. The third-order valence-corrected chi connectivity index (χ3v) is 8.34. The molecule has 176 valence electrons. The van der Waals surface area contributed by atoms with Crippen LogP contribution in [0.5, 0.6) is 0 Å². The molecule has 0 unspecified atom stereocenters. The van der Waals surface area contributed by atoms with Gasteiger partial charge in [-0.05, 0) is 43.2 Å². The fourth-order valence-corrected chi connectivity index (χ4v) is 6.29. The number of halogens is 1. The molecule has 1 aliphatic rings. The van der Waals surface area contributed by atoms with E-state index in [1.807, 2.05) is 31.2 Å². The second-order valence-corrected chi connectivity index (χ2v) is 10.9. The van der Waals surface area contributed by atoms with Gasteiger partial charge in [0.2, 0.25) is 10.0 Å². The number of ketones is 1. The van der Waals surface area contributed by atoms with Crippen molar-refractivity contribution in [3.63, 3.8) is 0 Å². The van der Waals surface area contributed by atoms with Crippen LogP contribution in [-0.4, -0.2) is 24.5 Å². The van der Waals surface area contributed by atoms with Gasteiger partial charge in [-0.15, -0.1) is 0 Å². The number of unbranched alkanes of at least 4 members (excludes halogenated alkanes) is 1. The lowest BCUT2D eigenvalue weighted by atomic mass is 9.94. The molecule has 0 saturated heterocycles. The van der Waals surface area contributed by atoms with Gasteiger partial charge < -0.3 is 0 Å². The lowest BCUT2D eigenvalue weighted by Crippen LogP contribution is -2.39. The molecule has 0 saturated carbocycles. The Kier molecular flexibility index (Phi) is 7.36. The van der Waals surface area contributed by atoms with Crippen LogP contribution >= 0.6 is 11.6 Å². The van der Waals surface area contributed by atoms with Crippen molar-refractivity contribution in [3.05, 3.63) is 112 Å². The van der Waals surface area contributed by atoms with Crippen LogP contribution in [0.2, 0.25) is 5.02 Å². The molecule has 6 heteroatoms. The van der Waals surface area contributed by atoms with Gasteiger partial charge in [0, 0.05) is 22.2 Å². The molecule has 34 heavy (non-hydrogen) atoms. The molecule has 2 atom stereocenters. The minimum atomic E-state index is -3.90. The van der Waals surface area contributed by atoms with E-state index < -0.39 is 22.1 Å². The summed E-state index contributed by atoms with van der Waals surface area (Å²) in [4.78, 5) is 13.9. The highest BCUT2D eigenvalue weighted by Crippen LogP contribution is 2.43. The highest BCUT2D eigenvalue weighted by molar-refractivity contribution is 7.89. The standard InChI is InChI=1S/C28H28ClNO3S/c1-3-4-10-24-19-26(28(31)22-8-6-5-7-9-22)27(21-13-15-23(29)16-14-21)30(24)34(32,33)25-17-11-20(2)12-18-25/h5-9,11-19,24,27H,3-4,10H2,1-2H3/t24-,27+/m1/s1. The van der Waals surface area contributed by atoms with E-state index in [9.17, 15) is 13.2 Å². The smallest absolute Gasteiger partial charge is 0.244 e. The van der Waals surface area contributed by atoms with Crippen LogP contribution in [0.25, 0.3) is 0 Å². The van der Waals surface area contributed by atoms with Crippen molar-refractivity contribution < 1.29 is 13.2 Å². The van der Waals surface area contributed by atoms with E-state index >= 15 is 0 Å². The van der Waals surface area contributed by atoms with Crippen LogP contribution in [-0.2, 0) is 10.0 Å². The summed E-state index contributed by atoms with van der Waals surface area (Å²) in [6.07, 6.45) is 4.27. The topological polar surface area (TPSA) is 54.5 Å². The molecular formula is C28H28ClNO3S. The monoisotopic (exact) mass is 493 g/mol. The van der Waals surface area contributed by atoms with Crippen LogP contribution < -0.4 is 0 Å². The van der Waals surface area contributed by atoms with Crippen molar-refractivity contribution in [2.24, 2.45) is 0 Å². The average molecular weight is 494 g/mol. The van der Waals surface area contributed by atoms with Crippen LogP contribution in [0.4, 0.5) is 0 Å². The predicted octanol–water partition coefficient (Wildman–Crippen LogP) is 6.76. The molecule has 1 heterocycles. The zero-order chi connectivity index (χ0) is 24.3. The molecule has 0 bridgehead atoms. The summed E-state index contributed by atoms with van der Waals surface area (Å²) in [6, 6.07) is 21.8. The molecule has 0 aliphatic carbocycles. The molecule has 3 aromatic rings. The number of hydrogen-bond acceptors (Lipinski definition) is 3. The summed E-state index contributed by atoms with van der Waals surface area (Å²) in [5.41, 5.74) is 2.71. The summed E-state index contributed by atoms with van der Waals surface area (Å²) in [5, 5.41) is 0.553. The minimum Gasteiger partial charge on any atom is -0.289 e. The number of benzene rings is 3. The second kappa shape index (κ2) is 10.3. The maximum atomic E-state index is 14.0. The SMILES string of the molecule is CCCC[C@@H]1C=C(C(=O)c2ccccc2)[C@H](c2ccc(Cl)cc2)N1S(=O)(=O)c1ccc(C)cc1. The number of nitrogens with zero attached hydrogens (tertiary/aromatic N) is 1. The fourth-order valence-electron chi connectivity index (χ4n) is 4.40. The normalized spacial score (nSPS) is 18.6. The predicted molar refractivity (Wildman–Crippen MR) is 137 cm³/mol. The molecule has 0 aromatic heterocycles. The molecule has 1 aliphatic heterocycles. The summed E-state index contributed by atoms with van der Waals surface area (Å²) >= 11 is 6.13. The highest BCUT2D eigenvalue weighted by Gasteiger charge is 2.45. The molecular weight excluding hydrogens is 466 g/mol. The van der Waals surface area contributed by atoms with Crippen LogP contribution in [0, 0.1) is 6.92 Å². The Morgan fingerprint density at radius 2 is 1.59 bits per heavy atom. The van der Waals surface area contributed by atoms with Crippen LogP contribution in [0.3, 0.4) is 0 Å². The molecule has 4 nitrogen and oxygen atoms in total. The molecule has 0 amide bonds. The Hall–Kier alpha value is -2.73. The molecule has 0 radical (unpaired) electrons. The quantitative estimate of drug-likeness (QED) is 0.325. The van der Waals surface area contributed by atoms with Crippen LogP contribution in [0.15, 0.2) is 95.4 Å². The maximum absolute atomic E-state index is 14.0. The third kappa shape index (κ3) is 4.88. The first-order chi connectivity index (χ1) is 16.3. The minimum absolute atomic E-state index is 0.163. The number of carbonyl (C=O) groups excluding carboxylic acids is 1. The van der Waals surface area contributed by atoms with Gasteiger partial charge >= 0.3 is 0 Å². The van der Waals surface area contributed by atoms with E-state index in [1.54, 1.807) is 60.7 Å². The van der Waals surface area contributed by atoms with Crippen molar-refractivity contribution in [2.45, 2.75) is 50.1 Å². The van der Waals surface area contributed by atoms with E-state index in [-0.39, 0.29) is 10.7 Å². The zero-order valence-corrected chi connectivity index (χ0v) is 20.9. The fraction of sp³-hybridized carbons (Fsp3) is 0.250. The lowest BCUT2D eigenvalue weighted by Gasteiger charge is -2.31. The van der Waals surface area contributed by atoms with E-state index in [4.69, 9.17) is 11.6 Å². The van der Waals surface area contributed by atoms with E-state index in [1.165, 1.54) is 4.31 Å². The van der Waals surface area contributed by atoms with Crippen molar-refractivity contribution in [1.82, 2.24) is 4.31 Å². The van der Waals surface area contributed by atoms with Gasteiger partial charge in [0.1, 0.15) is 0 Å². The second-order valence-electron chi connectivity index (χ2n) is 8.63. The number of sulfonamides is 1. The summed E-state index contributed by atoms with van der Waals surface area (Å²) in [7, 11) is -3.90. The van der Waals surface area contributed by atoms with Gasteiger partial charge in [-0.1, -0.05) is 97.6 Å². The first-order valence-corrected chi connectivity index (χ1v) is 13.3. The van der Waals surface area contributed by atoms with Crippen LogP contribution in [0.1, 0.15) is 53.7 Å². The molecule has 4 rings (SSSR count). The zero-order valence-electron chi connectivity index (χ0n) is 19.3. The van der Waals surface area contributed by atoms with E-state index in [0.29, 0.717) is 22.6 Å². The van der Waals surface area contributed by atoms with Crippen molar-refractivity contribution in [2.75, 3.05) is 0 Å². The van der Waals surface area contributed by atoms with E-state index in [0.717, 1.165) is 24.0 Å². The van der Waals surface area contributed by atoms with Gasteiger partial charge in [-0.3, -0.25) is 4.79 Å². The average Bonchev–Trinajstić information content (AvgIpc) is 3.24. The largest absolute Gasteiger partial charge is 0.289 e. The first-order valence-electron chi connectivity index (χ1n) is 11.5. The Morgan fingerprint density at radius 1 is 0.941 bits per heavy atom. The summed E-state index contributed by atoms with van der Waals surface area (Å²) < 4.78 is 29.6.